The minimum absolute atomic E-state index is 0.0986. The topological polar surface area (TPSA) is 137 Å². The Morgan fingerprint density at radius 2 is 1.97 bits per heavy atom. The van der Waals surface area contributed by atoms with Gasteiger partial charge in [-0.1, -0.05) is 12.8 Å². The van der Waals surface area contributed by atoms with Crippen molar-refractivity contribution in [3.8, 4) is 11.1 Å². The van der Waals surface area contributed by atoms with Crippen molar-refractivity contribution in [3.63, 3.8) is 0 Å². The van der Waals surface area contributed by atoms with E-state index in [4.69, 9.17) is 11.5 Å². The second-order valence-electron chi connectivity index (χ2n) is 8.09. The number of aromatic nitrogens is 4. The number of carbonyl (C=O) groups excluding carboxylic acids is 1. The van der Waals surface area contributed by atoms with Crippen LogP contribution in [-0.4, -0.2) is 37.7 Å². The Bertz CT molecular complexity index is 1090. The number of anilines is 3. The third-order valence-electron chi connectivity index (χ3n) is 5.55. The summed E-state index contributed by atoms with van der Waals surface area (Å²) in [4.78, 5) is 20.8. The Balaban J connectivity index is 1.63. The van der Waals surface area contributed by atoms with Crippen molar-refractivity contribution in [3.05, 3.63) is 48.2 Å². The first kappa shape index (κ1) is 20.8. The van der Waals surface area contributed by atoms with Crippen molar-refractivity contribution in [1.82, 2.24) is 19.7 Å². The zero-order valence-electron chi connectivity index (χ0n) is 17.8. The van der Waals surface area contributed by atoms with Crippen LogP contribution in [0.25, 0.3) is 11.1 Å². The molecule has 4 rings (SSSR count). The van der Waals surface area contributed by atoms with Crippen molar-refractivity contribution in [1.29, 1.82) is 0 Å². The van der Waals surface area contributed by atoms with Crippen LogP contribution in [0.2, 0.25) is 0 Å². The molecule has 0 aromatic carbocycles. The molecule has 0 aliphatic heterocycles. The number of pyridine rings is 2. The quantitative estimate of drug-likeness (QED) is 0.481. The van der Waals surface area contributed by atoms with Gasteiger partial charge in [-0.05, 0) is 43.5 Å². The number of nitrogens with two attached hydrogens (primary N) is 2. The molecular weight excluding hydrogens is 392 g/mol. The van der Waals surface area contributed by atoms with Gasteiger partial charge in [0.2, 0.25) is 0 Å². The van der Waals surface area contributed by atoms with Gasteiger partial charge < -0.3 is 22.1 Å². The summed E-state index contributed by atoms with van der Waals surface area (Å²) >= 11 is 0. The molecule has 1 saturated carbocycles. The van der Waals surface area contributed by atoms with E-state index >= 15 is 0 Å². The lowest BCUT2D eigenvalue weighted by molar-refractivity contribution is 0.0996. The zero-order chi connectivity index (χ0) is 22.0. The van der Waals surface area contributed by atoms with E-state index < -0.39 is 5.91 Å². The van der Waals surface area contributed by atoms with E-state index in [1.807, 2.05) is 38.4 Å². The Morgan fingerprint density at radius 1 is 1.16 bits per heavy atom. The third-order valence-corrected chi connectivity index (χ3v) is 5.55. The van der Waals surface area contributed by atoms with Crippen LogP contribution in [0.1, 0.15) is 41.9 Å². The van der Waals surface area contributed by atoms with Crippen molar-refractivity contribution >= 4 is 23.1 Å². The van der Waals surface area contributed by atoms with Crippen LogP contribution in [0.3, 0.4) is 0 Å². The molecule has 2 atom stereocenters. The molecule has 1 aliphatic carbocycles. The fourth-order valence-corrected chi connectivity index (χ4v) is 4.00. The lowest BCUT2D eigenvalue weighted by Gasteiger charge is -2.30. The van der Waals surface area contributed by atoms with E-state index in [-0.39, 0.29) is 17.8 Å². The van der Waals surface area contributed by atoms with Gasteiger partial charge in [-0.3, -0.25) is 9.48 Å². The van der Waals surface area contributed by atoms with Crippen LogP contribution in [-0.2, 0) is 7.05 Å². The molecule has 3 aromatic heterocycles. The normalized spacial score (nSPS) is 18.5. The number of rotatable bonds is 6. The van der Waals surface area contributed by atoms with Gasteiger partial charge in [0.05, 0.1) is 23.8 Å². The number of carbonyl (C=O) groups is 1. The van der Waals surface area contributed by atoms with Gasteiger partial charge >= 0.3 is 0 Å². The van der Waals surface area contributed by atoms with Gasteiger partial charge in [0.1, 0.15) is 5.82 Å². The molecule has 9 heteroatoms. The zero-order valence-corrected chi connectivity index (χ0v) is 17.8. The standard InChI is InChI=1S/C22H28N8O/c1-13-7-14(15-10-26-30(2)12-15)8-20(27-13)29-19-9-16(11-25-21(19)22(24)31)28-18-6-4-3-5-17(18)23/h7-12,17-18,28H,3-6,23H2,1-2H3,(H2,24,31)(H,27,29)/t17-,18+/m0/s1. The van der Waals surface area contributed by atoms with Gasteiger partial charge in [0, 0.05) is 36.6 Å². The summed E-state index contributed by atoms with van der Waals surface area (Å²) in [7, 11) is 1.87. The number of amides is 1. The molecule has 162 valence electrons. The molecular formula is C22H28N8O. The van der Waals surface area contributed by atoms with E-state index in [2.05, 4.69) is 25.7 Å². The molecule has 6 N–H and O–H groups in total. The van der Waals surface area contributed by atoms with Crippen LogP contribution in [0.4, 0.5) is 17.2 Å². The average Bonchev–Trinajstić information content (AvgIpc) is 3.16. The Kier molecular flexibility index (Phi) is 5.85. The molecule has 3 aromatic rings. The van der Waals surface area contributed by atoms with Gasteiger partial charge in [-0.15, -0.1) is 0 Å². The van der Waals surface area contributed by atoms with Gasteiger partial charge in [-0.2, -0.15) is 5.10 Å². The maximum Gasteiger partial charge on any atom is 0.269 e. The summed E-state index contributed by atoms with van der Waals surface area (Å²) in [5, 5.41) is 10.9. The fraction of sp³-hybridized carbons (Fsp3) is 0.364. The molecule has 0 radical (unpaired) electrons. The highest BCUT2D eigenvalue weighted by atomic mass is 16.1. The molecule has 1 amide bonds. The second kappa shape index (κ2) is 8.73. The number of nitrogens with one attached hydrogen (secondary N) is 2. The third kappa shape index (κ3) is 4.83. The molecule has 1 aliphatic rings. The minimum atomic E-state index is -0.608. The van der Waals surface area contributed by atoms with Crippen molar-refractivity contribution in [2.45, 2.75) is 44.7 Å². The van der Waals surface area contributed by atoms with Crippen LogP contribution in [0, 0.1) is 6.92 Å². The molecule has 31 heavy (non-hydrogen) atoms. The molecule has 1 fully saturated rings. The van der Waals surface area contributed by atoms with Crippen LogP contribution >= 0.6 is 0 Å². The smallest absolute Gasteiger partial charge is 0.269 e. The predicted octanol–water partition coefficient (Wildman–Crippen LogP) is 2.71. The average molecular weight is 421 g/mol. The lowest BCUT2D eigenvalue weighted by atomic mass is 9.91. The minimum Gasteiger partial charge on any atom is -0.379 e. The molecule has 0 saturated heterocycles. The van der Waals surface area contributed by atoms with E-state index in [0.29, 0.717) is 11.5 Å². The SMILES string of the molecule is Cc1cc(-c2cnn(C)c2)cc(Nc2cc(N[C@@H]3CCCC[C@@H]3N)cnc2C(N)=O)n1. The first-order chi connectivity index (χ1) is 14.9. The monoisotopic (exact) mass is 420 g/mol. The maximum absolute atomic E-state index is 12.0. The first-order valence-corrected chi connectivity index (χ1v) is 10.5. The summed E-state index contributed by atoms with van der Waals surface area (Å²) in [5.41, 5.74) is 16.1. The van der Waals surface area contributed by atoms with Crippen molar-refractivity contribution in [2.24, 2.45) is 18.5 Å². The Morgan fingerprint density at radius 3 is 2.68 bits per heavy atom. The van der Waals surface area contributed by atoms with Gasteiger partial charge in [-0.25, -0.2) is 9.97 Å². The molecule has 9 nitrogen and oxygen atoms in total. The van der Waals surface area contributed by atoms with Crippen molar-refractivity contribution < 1.29 is 4.79 Å². The summed E-state index contributed by atoms with van der Waals surface area (Å²) < 4.78 is 1.75. The van der Waals surface area contributed by atoms with Crippen LogP contribution in [0.5, 0.6) is 0 Å². The number of primary amides is 1. The first-order valence-electron chi connectivity index (χ1n) is 10.5. The molecule has 3 heterocycles. The number of nitrogens with zero attached hydrogens (tertiary/aromatic N) is 4. The highest BCUT2D eigenvalue weighted by Gasteiger charge is 2.22. The van der Waals surface area contributed by atoms with E-state index in [0.717, 1.165) is 48.2 Å². The second-order valence-corrected chi connectivity index (χ2v) is 8.09. The summed E-state index contributed by atoms with van der Waals surface area (Å²) in [6.45, 7) is 1.92. The highest BCUT2D eigenvalue weighted by Crippen LogP contribution is 2.28. The van der Waals surface area contributed by atoms with E-state index in [9.17, 15) is 4.79 Å². The van der Waals surface area contributed by atoms with E-state index in [1.165, 1.54) is 0 Å². The lowest BCUT2D eigenvalue weighted by Crippen LogP contribution is -2.42. The van der Waals surface area contributed by atoms with Crippen LogP contribution < -0.4 is 22.1 Å². The number of hydrogen-bond acceptors (Lipinski definition) is 7. The Hall–Kier alpha value is -3.46. The Labute approximate surface area is 181 Å². The van der Waals surface area contributed by atoms with E-state index in [1.54, 1.807) is 17.1 Å². The van der Waals surface area contributed by atoms with Gasteiger partial charge in [0.15, 0.2) is 5.69 Å². The van der Waals surface area contributed by atoms with Crippen molar-refractivity contribution in [2.75, 3.05) is 10.6 Å². The molecule has 0 unspecified atom stereocenters. The molecule has 0 spiro atoms. The number of hydrogen-bond donors (Lipinski definition) is 4. The summed E-state index contributed by atoms with van der Waals surface area (Å²) in [6, 6.07) is 6.00. The van der Waals surface area contributed by atoms with Gasteiger partial charge in [0.25, 0.3) is 5.91 Å². The maximum atomic E-state index is 12.0. The largest absolute Gasteiger partial charge is 0.379 e. The summed E-state index contributed by atoms with van der Waals surface area (Å²) in [5.74, 6) is -0.0155. The number of aryl methyl sites for hydroxylation is 2. The molecule has 0 bridgehead atoms. The summed E-state index contributed by atoms with van der Waals surface area (Å²) in [6.07, 6.45) is 9.67. The highest BCUT2D eigenvalue weighted by molar-refractivity contribution is 5.97. The predicted molar refractivity (Wildman–Crippen MR) is 121 cm³/mol. The fourth-order valence-electron chi connectivity index (χ4n) is 4.00. The van der Waals surface area contributed by atoms with Crippen LogP contribution in [0.15, 0.2) is 36.8 Å².